The van der Waals surface area contributed by atoms with Crippen molar-refractivity contribution in [1.29, 1.82) is 0 Å². The van der Waals surface area contributed by atoms with Crippen LogP contribution in [0.1, 0.15) is 31.3 Å². The molecule has 4 heterocycles. The van der Waals surface area contributed by atoms with Gasteiger partial charge in [-0.1, -0.05) is 29.8 Å². The number of rotatable bonds is 4. The average Bonchev–Trinajstić information content (AvgIpc) is 3.19. The number of nitrogens with zero attached hydrogens (tertiary/aromatic N) is 4. The fraction of sp³-hybridized carbons (Fsp3) is 0.360. The van der Waals surface area contributed by atoms with Crippen LogP contribution < -0.4 is 10.2 Å². The Morgan fingerprint density at radius 3 is 2.51 bits per heavy atom. The molecule has 1 aromatic carbocycles. The summed E-state index contributed by atoms with van der Waals surface area (Å²) < 4.78 is 5.44. The average molecular weight is 512 g/mol. The van der Waals surface area contributed by atoms with Gasteiger partial charge in [-0.15, -0.1) is 11.3 Å². The Hall–Kier alpha value is -3.17. The van der Waals surface area contributed by atoms with Crippen LogP contribution in [0.4, 0.5) is 15.6 Å². The van der Waals surface area contributed by atoms with Gasteiger partial charge in [0, 0.05) is 47.6 Å². The van der Waals surface area contributed by atoms with E-state index in [1.807, 2.05) is 56.5 Å². The molecule has 2 saturated heterocycles. The van der Waals surface area contributed by atoms with E-state index in [0.717, 1.165) is 24.3 Å². The van der Waals surface area contributed by atoms with Crippen molar-refractivity contribution in [2.45, 2.75) is 26.4 Å². The minimum Gasteiger partial charge on any atom is -0.444 e. The molecule has 0 unspecified atom stereocenters. The lowest BCUT2D eigenvalue weighted by Crippen LogP contribution is -2.73. The van der Waals surface area contributed by atoms with Gasteiger partial charge in [-0.05, 0) is 39.0 Å². The van der Waals surface area contributed by atoms with Crippen LogP contribution in [0.15, 0.2) is 48.0 Å². The summed E-state index contributed by atoms with van der Waals surface area (Å²) >= 11 is 7.58. The van der Waals surface area contributed by atoms with E-state index < -0.39 is 5.60 Å². The highest BCUT2D eigenvalue weighted by Gasteiger charge is 2.54. The van der Waals surface area contributed by atoms with E-state index in [0.29, 0.717) is 34.6 Å². The van der Waals surface area contributed by atoms with Gasteiger partial charge in [0.1, 0.15) is 11.3 Å². The summed E-state index contributed by atoms with van der Waals surface area (Å²) in [4.78, 5) is 37.6. The lowest BCUT2D eigenvalue weighted by Gasteiger charge is -2.60. The van der Waals surface area contributed by atoms with E-state index in [-0.39, 0.29) is 17.4 Å². The molecule has 2 amide bonds. The van der Waals surface area contributed by atoms with Crippen molar-refractivity contribution in [3.8, 4) is 11.3 Å². The number of hydrogen-bond acceptors (Lipinski definition) is 7. The fourth-order valence-electron chi connectivity index (χ4n) is 4.36. The second-order valence-electron chi connectivity index (χ2n) is 10.1. The minimum atomic E-state index is -0.483. The van der Waals surface area contributed by atoms with Crippen LogP contribution in [0.5, 0.6) is 0 Å². The zero-order valence-corrected chi connectivity index (χ0v) is 21.3. The van der Waals surface area contributed by atoms with Crippen molar-refractivity contribution in [2.24, 2.45) is 5.41 Å². The largest absolute Gasteiger partial charge is 0.444 e. The molecule has 0 saturated carbocycles. The van der Waals surface area contributed by atoms with Crippen LogP contribution in [0.25, 0.3) is 11.3 Å². The highest BCUT2D eigenvalue weighted by Crippen LogP contribution is 2.42. The highest BCUT2D eigenvalue weighted by molar-refractivity contribution is 7.14. The number of nitrogens with one attached hydrogen (secondary N) is 1. The maximum Gasteiger partial charge on any atom is 0.410 e. The number of thiazole rings is 1. The summed E-state index contributed by atoms with van der Waals surface area (Å²) in [5.41, 5.74) is 2.45. The first-order valence-electron chi connectivity index (χ1n) is 11.3. The zero-order chi connectivity index (χ0) is 24.8. The summed E-state index contributed by atoms with van der Waals surface area (Å²) in [6.07, 6.45) is 1.46. The maximum atomic E-state index is 12.7. The molecular formula is C25H26ClN5O3S. The summed E-state index contributed by atoms with van der Waals surface area (Å²) in [5.74, 6) is -0.316. The number of likely N-dealkylation sites (tertiary alicyclic amines) is 1. The van der Waals surface area contributed by atoms with Crippen LogP contribution in [0.2, 0.25) is 5.02 Å². The Morgan fingerprint density at radius 1 is 1.11 bits per heavy atom. The number of benzene rings is 1. The summed E-state index contributed by atoms with van der Waals surface area (Å²) in [6, 6.07) is 11.1. The third kappa shape index (κ3) is 4.97. The zero-order valence-electron chi connectivity index (χ0n) is 19.7. The molecule has 2 aromatic heterocycles. The first kappa shape index (κ1) is 23.6. The van der Waals surface area contributed by atoms with Gasteiger partial charge < -0.3 is 14.5 Å². The van der Waals surface area contributed by atoms with E-state index in [1.54, 1.807) is 17.2 Å². The third-order valence-corrected chi connectivity index (χ3v) is 7.06. The molecule has 0 atom stereocenters. The van der Waals surface area contributed by atoms with E-state index >= 15 is 0 Å². The topological polar surface area (TPSA) is 87.7 Å². The number of amides is 2. The maximum absolute atomic E-state index is 12.7. The van der Waals surface area contributed by atoms with E-state index in [2.05, 4.69) is 20.2 Å². The molecule has 10 heteroatoms. The first-order chi connectivity index (χ1) is 16.6. The molecule has 0 aliphatic carbocycles. The lowest BCUT2D eigenvalue weighted by atomic mass is 9.73. The smallest absolute Gasteiger partial charge is 0.410 e. The number of carbonyl (C=O) groups is 2. The van der Waals surface area contributed by atoms with Crippen molar-refractivity contribution in [2.75, 3.05) is 36.4 Å². The molecule has 0 radical (unpaired) electrons. The van der Waals surface area contributed by atoms with E-state index in [9.17, 15) is 9.59 Å². The van der Waals surface area contributed by atoms with E-state index in [4.69, 9.17) is 16.3 Å². The quantitative estimate of drug-likeness (QED) is 0.520. The van der Waals surface area contributed by atoms with Crippen molar-refractivity contribution >= 4 is 45.8 Å². The number of halogens is 1. The predicted molar refractivity (Wildman–Crippen MR) is 137 cm³/mol. The number of carbonyl (C=O) groups excluding carboxylic acids is 2. The van der Waals surface area contributed by atoms with Gasteiger partial charge in [0.05, 0.1) is 17.6 Å². The van der Waals surface area contributed by atoms with Crippen molar-refractivity contribution in [1.82, 2.24) is 14.9 Å². The molecule has 182 valence electrons. The molecule has 3 aromatic rings. The molecule has 1 N–H and O–H groups in total. The van der Waals surface area contributed by atoms with Crippen molar-refractivity contribution in [3.05, 3.63) is 58.7 Å². The van der Waals surface area contributed by atoms with Gasteiger partial charge in [-0.3, -0.25) is 10.1 Å². The number of pyridine rings is 1. The number of aromatic nitrogens is 2. The first-order valence-corrected chi connectivity index (χ1v) is 12.6. The van der Waals surface area contributed by atoms with Gasteiger partial charge >= 0.3 is 6.09 Å². The lowest BCUT2D eigenvalue weighted by molar-refractivity contribution is -0.0453. The molecular weight excluding hydrogens is 486 g/mol. The van der Waals surface area contributed by atoms with Crippen LogP contribution in [0.3, 0.4) is 0 Å². The normalized spacial score (nSPS) is 16.5. The molecule has 2 aliphatic heterocycles. The predicted octanol–water partition coefficient (Wildman–Crippen LogP) is 5.17. The SMILES string of the molecule is CC(C)(C)OC(=O)N1CC2(C1)CN(c1ccc(C(=O)Nc3nc(-c4ccccc4Cl)cs3)nc1)C2. The van der Waals surface area contributed by atoms with Crippen LogP contribution in [0, 0.1) is 5.41 Å². The van der Waals surface area contributed by atoms with E-state index in [1.165, 1.54) is 11.3 Å². The summed E-state index contributed by atoms with van der Waals surface area (Å²) in [7, 11) is 0. The standard InChI is InChI=1S/C25H26ClN5O3S/c1-24(2,3)34-23(33)31-14-25(15-31)12-30(13-25)16-8-9-19(27-10-16)21(32)29-22-28-20(11-35-22)17-6-4-5-7-18(17)26/h4-11H,12-15H2,1-3H3,(H,28,29,32). The Morgan fingerprint density at radius 2 is 1.86 bits per heavy atom. The van der Waals surface area contributed by atoms with Crippen molar-refractivity contribution < 1.29 is 14.3 Å². The summed E-state index contributed by atoms with van der Waals surface area (Å²) in [6.45, 7) is 8.73. The molecule has 2 fully saturated rings. The number of ether oxygens (including phenoxy) is 1. The highest BCUT2D eigenvalue weighted by atomic mass is 35.5. The summed E-state index contributed by atoms with van der Waals surface area (Å²) in [5, 5.41) is 5.76. The molecule has 2 aliphatic rings. The number of hydrogen-bond donors (Lipinski definition) is 1. The second-order valence-corrected chi connectivity index (χ2v) is 11.3. The molecule has 35 heavy (non-hydrogen) atoms. The van der Waals surface area contributed by atoms with Gasteiger partial charge in [-0.2, -0.15) is 0 Å². The Labute approximate surface area is 212 Å². The monoisotopic (exact) mass is 511 g/mol. The Kier molecular flexibility index (Phi) is 5.93. The molecule has 1 spiro atoms. The number of anilines is 2. The van der Waals surface area contributed by atoms with Crippen LogP contribution >= 0.6 is 22.9 Å². The van der Waals surface area contributed by atoms with Crippen molar-refractivity contribution in [3.63, 3.8) is 0 Å². The molecule has 8 nitrogen and oxygen atoms in total. The van der Waals surface area contributed by atoms with Gasteiger partial charge in [0.25, 0.3) is 5.91 Å². The third-order valence-electron chi connectivity index (χ3n) is 5.98. The Bertz CT molecular complexity index is 1260. The van der Waals surface area contributed by atoms with Gasteiger partial charge in [0.15, 0.2) is 5.13 Å². The van der Waals surface area contributed by atoms with Gasteiger partial charge in [-0.25, -0.2) is 14.8 Å². The van der Waals surface area contributed by atoms with Crippen LogP contribution in [-0.4, -0.2) is 58.6 Å². The minimum absolute atomic E-state index is 0.122. The molecule has 0 bridgehead atoms. The second kappa shape index (κ2) is 8.80. The Balaban J connectivity index is 1.13. The van der Waals surface area contributed by atoms with Gasteiger partial charge in [0.2, 0.25) is 0 Å². The molecule has 5 rings (SSSR count). The van der Waals surface area contributed by atoms with Crippen LogP contribution in [-0.2, 0) is 4.74 Å². The fourth-order valence-corrected chi connectivity index (χ4v) is 5.30.